The summed E-state index contributed by atoms with van der Waals surface area (Å²) in [5.74, 6) is -2.54. The van der Waals surface area contributed by atoms with Crippen molar-refractivity contribution < 1.29 is 27.5 Å². The first kappa shape index (κ1) is 18.7. The van der Waals surface area contributed by atoms with Crippen LogP contribution in [-0.2, 0) is 10.0 Å². The number of sulfonamides is 1. The molecule has 2 rings (SSSR count). The van der Waals surface area contributed by atoms with Crippen LogP contribution in [0.2, 0.25) is 0 Å². The fraction of sp³-hybridized carbons (Fsp3) is 0.250. The van der Waals surface area contributed by atoms with Crippen molar-refractivity contribution in [2.45, 2.75) is 31.2 Å². The molecule has 25 heavy (non-hydrogen) atoms. The maximum Gasteiger partial charge on any atom is 0.371 e. The van der Waals surface area contributed by atoms with Crippen LogP contribution in [0, 0.1) is 0 Å². The second kappa shape index (κ2) is 6.69. The molecule has 0 atom stereocenters. The van der Waals surface area contributed by atoms with Gasteiger partial charge in [-0.25, -0.2) is 17.9 Å². The number of amides is 1. The van der Waals surface area contributed by atoms with E-state index in [2.05, 4.69) is 10.0 Å². The Morgan fingerprint density at radius 3 is 2.28 bits per heavy atom. The monoisotopic (exact) mass is 366 g/mol. The first-order chi connectivity index (χ1) is 11.5. The van der Waals surface area contributed by atoms with Crippen LogP contribution in [-0.4, -0.2) is 30.9 Å². The standard InChI is InChI=1S/C16H18N2O6S/c1-16(2,3)18-25(22,23)11-6-4-5-10(9-11)17-14(19)12-7-8-13(24-12)15(20)21/h4-9,18H,1-3H3,(H,17,19)(H,20,21). The van der Waals surface area contributed by atoms with Gasteiger partial charge >= 0.3 is 5.97 Å². The van der Waals surface area contributed by atoms with E-state index in [-0.39, 0.29) is 22.1 Å². The Balaban J connectivity index is 2.21. The van der Waals surface area contributed by atoms with Crippen molar-refractivity contribution in [1.29, 1.82) is 0 Å². The van der Waals surface area contributed by atoms with Gasteiger partial charge in [0.2, 0.25) is 15.8 Å². The fourth-order valence-corrected chi connectivity index (χ4v) is 3.43. The zero-order chi connectivity index (χ0) is 18.8. The van der Waals surface area contributed by atoms with Crippen molar-refractivity contribution in [2.75, 3.05) is 5.32 Å². The van der Waals surface area contributed by atoms with Crippen molar-refractivity contribution in [1.82, 2.24) is 4.72 Å². The number of rotatable bonds is 5. The number of carbonyl (C=O) groups is 2. The molecule has 0 aliphatic heterocycles. The first-order valence-electron chi connectivity index (χ1n) is 7.26. The van der Waals surface area contributed by atoms with Gasteiger partial charge in [0.05, 0.1) is 4.90 Å². The maximum absolute atomic E-state index is 12.3. The highest BCUT2D eigenvalue weighted by Crippen LogP contribution is 2.18. The molecular weight excluding hydrogens is 348 g/mol. The molecule has 2 aromatic rings. The van der Waals surface area contributed by atoms with Crippen LogP contribution < -0.4 is 10.0 Å². The summed E-state index contributed by atoms with van der Waals surface area (Å²) in [4.78, 5) is 22.8. The molecule has 0 radical (unpaired) electrons. The van der Waals surface area contributed by atoms with E-state index in [0.717, 1.165) is 6.07 Å². The van der Waals surface area contributed by atoms with E-state index in [1.165, 1.54) is 30.3 Å². The molecule has 3 N–H and O–H groups in total. The van der Waals surface area contributed by atoms with Gasteiger partial charge in [0, 0.05) is 11.2 Å². The molecule has 0 unspecified atom stereocenters. The van der Waals surface area contributed by atoms with Gasteiger partial charge in [0.25, 0.3) is 5.91 Å². The van der Waals surface area contributed by atoms with Gasteiger partial charge in [0.1, 0.15) is 0 Å². The van der Waals surface area contributed by atoms with Crippen LogP contribution in [0.25, 0.3) is 0 Å². The van der Waals surface area contributed by atoms with Crippen LogP contribution in [0.5, 0.6) is 0 Å². The lowest BCUT2D eigenvalue weighted by molar-refractivity contribution is 0.0660. The summed E-state index contributed by atoms with van der Waals surface area (Å²) in [6.07, 6.45) is 0. The molecule has 0 bridgehead atoms. The summed E-state index contributed by atoms with van der Waals surface area (Å²) in [5, 5.41) is 11.3. The summed E-state index contributed by atoms with van der Waals surface area (Å²) in [7, 11) is -3.75. The average Bonchev–Trinajstić information content (AvgIpc) is 2.95. The Morgan fingerprint density at radius 1 is 1.08 bits per heavy atom. The Morgan fingerprint density at radius 2 is 1.72 bits per heavy atom. The van der Waals surface area contributed by atoms with Gasteiger partial charge in [-0.3, -0.25) is 4.79 Å². The summed E-state index contributed by atoms with van der Waals surface area (Å²) in [6.45, 7) is 5.15. The van der Waals surface area contributed by atoms with Crippen LogP contribution in [0.4, 0.5) is 5.69 Å². The van der Waals surface area contributed by atoms with Gasteiger partial charge in [-0.1, -0.05) is 6.07 Å². The molecule has 0 spiro atoms. The largest absolute Gasteiger partial charge is 0.475 e. The molecule has 9 heteroatoms. The SMILES string of the molecule is CC(C)(C)NS(=O)(=O)c1cccc(NC(=O)c2ccc(C(=O)O)o2)c1. The number of carboxylic acids is 1. The lowest BCUT2D eigenvalue weighted by atomic mass is 10.1. The first-order valence-corrected chi connectivity index (χ1v) is 8.75. The molecule has 8 nitrogen and oxygen atoms in total. The van der Waals surface area contributed by atoms with E-state index in [4.69, 9.17) is 9.52 Å². The van der Waals surface area contributed by atoms with Gasteiger partial charge in [-0.15, -0.1) is 0 Å². The molecule has 0 fully saturated rings. The van der Waals surface area contributed by atoms with Gasteiger partial charge in [0.15, 0.2) is 5.76 Å². The topological polar surface area (TPSA) is 126 Å². The quantitative estimate of drug-likeness (QED) is 0.745. The van der Waals surface area contributed by atoms with Crippen LogP contribution >= 0.6 is 0 Å². The Kier molecular flexibility index (Phi) is 5.00. The van der Waals surface area contributed by atoms with E-state index in [1.807, 2.05) is 0 Å². The van der Waals surface area contributed by atoms with Gasteiger partial charge in [-0.05, 0) is 51.1 Å². The smallest absolute Gasteiger partial charge is 0.371 e. The minimum Gasteiger partial charge on any atom is -0.475 e. The van der Waals surface area contributed by atoms with Gasteiger partial charge in [-0.2, -0.15) is 0 Å². The molecule has 0 aliphatic carbocycles. The number of benzene rings is 1. The third-order valence-corrected chi connectivity index (χ3v) is 4.64. The number of hydrogen-bond acceptors (Lipinski definition) is 5. The molecule has 0 aliphatic rings. The molecule has 1 heterocycles. The predicted octanol–water partition coefficient (Wildman–Crippen LogP) is 2.31. The number of anilines is 1. The van der Waals surface area contributed by atoms with E-state index < -0.39 is 27.4 Å². The summed E-state index contributed by atoms with van der Waals surface area (Å²) in [6, 6.07) is 8.07. The summed E-state index contributed by atoms with van der Waals surface area (Å²) < 4.78 is 32.1. The Hall–Kier alpha value is -2.65. The lowest BCUT2D eigenvalue weighted by Gasteiger charge is -2.20. The third-order valence-electron chi connectivity index (χ3n) is 2.88. The number of carboxylic acid groups (broad SMARTS) is 1. The van der Waals surface area contributed by atoms with Crippen LogP contribution in [0.15, 0.2) is 45.7 Å². The molecule has 0 saturated heterocycles. The van der Waals surface area contributed by atoms with Crippen molar-refractivity contribution >= 4 is 27.6 Å². The van der Waals surface area contributed by atoms with Crippen LogP contribution in [0.3, 0.4) is 0 Å². The molecule has 1 aromatic carbocycles. The van der Waals surface area contributed by atoms with E-state index in [0.29, 0.717) is 0 Å². The minimum absolute atomic E-state index is 0.00843. The van der Waals surface area contributed by atoms with E-state index in [9.17, 15) is 18.0 Å². The van der Waals surface area contributed by atoms with Crippen molar-refractivity contribution in [2.24, 2.45) is 0 Å². The summed E-state index contributed by atoms with van der Waals surface area (Å²) >= 11 is 0. The highest BCUT2D eigenvalue weighted by molar-refractivity contribution is 7.89. The third kappa shape index (κ3) is 4.91. The molecule has 1 amide bonds. The van der Waals surface area contributed by atoms with E-state index >= 15 is 0 Å². The molecule has 134 valence electrons. The number of nitrogens with one attached hydrogen (secondary N) is 2. The highest BCUT2D eigenvalue weighted by atomic mass is 32.2. The minimum atomic E-state index is -3.75. The fourth-order valence-electron chi connectivity index (χ4n) is 1.97. The number of aromatic carboxylic acids is 1. The zero-order valence-corrected chi connectivity index (χ0v) is 14.7. The van der Waals surface area contributed by atoms with Crippen LogP contribution in [0.1, 0.15) is 41.9 Å². The zero-order valence-electron chi connectivity index (χ0n) is 13.9. The number of hydrogen-bond donors (Lipinski definition) is 3. The molecule has 0 saturated carbocycles. The second-order valence-electron chi connectivity index (χ2n) is 6.31. The van der Waals surface area contributed by atoms with Crippen molar-refractivity contribution in [3.63, 3.8) is 0 Å². The number of furan rings is 1. The second-order valence-corrected chi connectivity index (χ2v) is 7.99. The summed E-state index contributed by atoms with van der Waals surface area (Å²) in [5.41, 5.74) is -0.422. The Bertz CT molecular complexity index is 909. The Labute approximate surface area is 144 Å². The van der Waals surface area contributed by atoms with Crippen molar-refractivity contribution in [3.05, 3.63) is 47.9 Å². The molecule has 1 aromatic heterocycles. The number of carbonyl (C=O) groups excluding carboxylic acids is 1. The average molecular weight is 366 g/mol. The van der Waals surface area contributed by atoms with Crippen molar-refractivity contribution in [3.8, 4) is 0 Å². The molecular formula is C16H18N2O6S. The normalized spacial score (nSPS) is 12.0. The highest BCUT2D eigenvalue weighted by Gasteiger charge is 2.22. The predicted molar refractivity (Wildman–Crippen MR) is 90.1 cm³/mol. The van der Waals surface area contributed by atoms with Gasteiger partial charge < -0.3 is 14.8 Å². The van der Waals surface area contributed by atoms with E-state index in [1.54, 1.807) is 20.8 Å². The maximum atomic E-state index is 12.3. The lowest BCUT2D eigenvalue weighted by Crippen LogP contribution is -2.40.